The van der Waals surface area contributed by atoms with Crippen LogP contribution < -0.4 is 5.32 Å². The van der Waals surface area contributed by atoms with E-state index in [-0.39, 0.29) is 17.9 Å². The summed E-state index contributed by atoms with van der Waals surface area (Å²) in [4.78, 5) is 21.7. The summed E-state index contributed by atoms with van der Waals surface area (Å²) in [7, 11) is 0. The Bertz CT molecular complexity index is 465. The van der Waals surface area contributed by atoms with E-state index in [4.69, 9.17) is 28.3 Å². The number of halogens is 3. The van der Waals surface area contributed by atoms with E-state index in [1.807, 2.05) is 0 Å². The highest BCUT2D eigenvalue weighted by molar-refractivity contribution is 9.10. The summed E-state index contributed by atoms with van der Waals surface area (Å²) < 4.78 is 0.618. The summed E-state index contributed by atoms with van der Waals surface area (Å²) in [6.45, 7) is 0. The van der Waals surface area contributed by atoms with Crippen LogP contribution in [-0.4, -0.2) is 17.0 Å². The van der Waals surface area contributed by atoms with Gasteiger partial charge < -0.3 is 10.4 Å². The summed E-state index contributed by atoms with van der Waals surface area (Å²) in [5.74, 6) is -1.45. The second-order valence-corrected chi connectivity index (χ2v) is 4.78. The Morgan fingerprint density at radius 3 is 2.47 bits per heavy atom. The highest BCUT2D eigenvalue weighted by atomic mass is 79.9. The van der Waals surface area contributed by atoms with Gasteiger partial charge in [-0.25, -0.2) is 0 Å². The average Bonchev–Trinajstić information content (AvgIpc) is 2.27. The summed E-state index contributed by atoms with van der Waals surface area (Å²) in [6.07, 6.45) is -0.340. The standard InChI is InChI=1S/C10H8BrCl2NO3/c11-5-1-2-6(10(13)9(5)12)14-7(15)3-4-8(16)17/h1-2H,3-4H2,(H,14,15)(H,16,17). The monoisotopic (exact) mass is 339 g/mol. The zero-order valence-corrected chi connectivity index (χ0v) is 11.6. The summed E-state index contributed by atoms with van der Waals surface area (Å²) in [5.41, 5.74) is 0.357. The molecule has 7 heteroatoms. The van der Waals surface area contributed by atoms with Crippen LogP contribution >= 0.6 is 39.1 Å². The fraction of sp³-hybridized carbons (Fsp3) is 0.200. The molecule has 1 aromatic rings. The molecule has 2 N–H and O–H groups in total. The molecule has 1 aromatic carbocycles. The highest BCUT2D eigenvalue weighted by Gasteiger charge is 2.11. The number of hydrogen-bond donors (Lipinski definition) is 2. The van der Waals surface area contributed by atoms with Crippen molar-refractivity contribution in [3.05, 3.63) is 26.7 Å². The van der Waals surface area contributed by atoms with Crippen LogP contribution in [0.5, 0.6) is 0 Å². The minimum absolute atomic E-state index is 0.112. The second-order valence-electron chi connectivity index (χ2n) is 3.16. The molecule has 0 aliphatic heterocycles. The van der Waals surface area contributed by atoms with E-state index >= 15 is 0 Å². The molecule has 0 fully saturated rings. The number of benzene rings is 1. The molecule has 0 aliphatic rings. The average molecular weight is 341 g/mol. The molecule has 0 heterocycles. The van der Waals surface area contributed by atoms with Crippen molar-refractivity contribution in [2.75, 3.05) is 5.32 Å². The van der Waals surface area contributed by atoms with Crippen LogP contribution in [0.15, 0.2) is 16.6 Å². The SMILES string of the molecule is O=C(O)CCC(=O)Nc1ccc(Br)c(Cl)c1Cl. The molecule has 92 valence electrons. The molecule has 0 unspecified atom stereocenters. The lowest BCUT2D eigenvalue weighted by Crippen LogP contribution is -2.13. The van der Waals surface area contributed by atoms with Gasteiger partial charge in [-0.15, -0.1) is 0 Å². The number of aliphatic carboxylic acids is 1. The Balaban J connectivity index is 2.72. The van der Waals surface area contributed by atoms with Crippen molar-refractivity contribution in [1.29, 1.82) is 0 Å². The van der Waals surface area contributed by atoms with Gasteiger partial charge in [0.1, 0.15) is 0 Å². The summed E-state index contributed by atoms with van der Waals surface area (Å²) in [5, 5.41) is 11.4. The fourth-order valence-corrected chi connectivity index (χ4v) is 1.88. The normalized spacial score (nSPS) is 10.1. The van der Waals surface area contributed by atoms with Crippen LogP contribution in [0.2, 0.25) is 10.0 Å². The maximum absolute atomic E-state index is 11.4. The Morgan fingerprint density at radius 1 is 1.24 bits per heavy atom. The van der Waals surface area contributed by atoms with Gasteiger partial charge in [-0.1, -0.05) is 23.2 Å². The minimum Gasteiger partial charge on any atom is -0.481 e. The Hall–Kier alpha value is -0.780. The Kier molecular flexibility index (Phi) is 5.24. The molecule has 0 saturated carbocycles. The molecule has 0 atom stereocenters. The lowest BCUT2D eigenvalue weighted by atomic mass is 10.2. The third kappa shape index (κ3) is 4.18. The molecule has 1 amide bonds. The third-order valence-corrected chi connectivity index (χ3v) is 3.65. The van der Waals surface area contributed by atoms with E-state index in [1.54, 1.807) is 12.1 Å². The van der Waals surface area contributed by atoms with Gasteiger partial charge >= 0.3 is 5.97 Å². The maximum atomic E-state index is 11.4. The quantitative estimate of drug-likeness (QED) is 0.823. The van der Waals surface area contributed by atoms with Gasteiger partial charge in [0.05, 0.1) is 22.2 Å². The molecule has 0 radical (unpaired) electrons. The van der Waals surface area contributed by atoms with Crippen molar-refractivity contribution < 1.29 is 14.7 Å². The number of carboxylic acids is 1. The topological polar surface area (TPSA) is 66.4 Å². The van der Waals surface area contributed by atoms with E-state index in [2.05, 4.69) is 21.2 Å². The van der Waals surface area contributed by atoms with Gasteiger partial charge in [0.25, 0.3) is 0 Å². The number of carboxylic acid groups (broad SMARTS) is 1. The first kappa shape index (κ1) is 14.3. The first-order chi connectivity index (χ1) is 7.91. The maximum Gasteiger partial charge on any atom is 0.303 e. The lowest BCUT2D eigenvalue weighted by Gasteiger charge is -2.08. The molecular weight excluding hydrogens is 333 g/mol. The van der Waals surface area contributed by atoms with Crippen LogP contribution in [0.3, 0.4) is 0 Å². The molecule has 0 saturated heterocycles. The van der Waals surface area contributed by atoms with Gasteiger partial charge in [-0.3, -0.25) is 9.59 Å². The first-order valence-corrected chi connectivity index (χ1v) is 6.12. The molecule has 4 nitrogen and oxygen atoms in total. The van der Waals surface area contributed by atoms with E-state index < -0.39 is 11.9 Å². The molecule has 0 aliphatic carbocycles. The molecular formula is C10H8BrCl2NO3. The predicted molar refractivity (Wildman–Crippen MR) is 69.7 cm³/mol. The molecule has 0 aromatic heterocycles. The van der Waals surface area contributed by atoms with Crippen LogP contribution in [0.1, 0.15) is 12.8 Å². The van der Waals surface area contributed by atoms with E-state index in [0.29, 0.717) is 15.2 Å². The number of carbonyl (C=O) groups is 2. The Labute approximate surface area is 116 Å². The smallest absolute Gasteiger partial charge is 0.303 e. The van der Waals surface area contributed by atoms with Crippen LogP contribution in [0.4, 0.5) is 5.69 Å². The fourth-order valence-electron chi connectivity index (χ4n) is 1.06. The van der Waals surface area contributed by atoms with Crippen molar-refractivity contribution in [2.24, 2.45) is 0 Å². The number of amides is 1. The van der Waals surface area contributed by atoms with E-state index in [0.717, 1.165) is 0 Å². The molecule has 1 rings (SSSR count). The highest BCUT2D eigenvalue weighted by Crippen LogP contribution is 2.35. The summed E-state index contributed by atoms with van der Waals surface area (Å²) >= 11 is 15.0. The minimum atomic E-state index is -1.03. The van der Waals surface area contributed by atoms with Crippen LogP contribution in [0.25, 0.3) is 0 Å². The van der Waals surface area contributed by atoms with Crippen molar-refractivity contribution >= 4 is 56.7 Å². The van der Waals surface area contributed by atoms with Crippen LogP contribution in [-0.2, 0) is 9.59 Å². The van der Waals surface area contributed by atoms with Crippen molar-refractivity contribution in [2.45, 2.75) is 12.8 Å². The number of hydrogen-bond acceptors (Lipinski definition) is 2. The largest absolute Gasteiger partial charge is 0.481 e. The van der Waals surface area contributed by atoms with E-state index in [1.165, 1.54) is 0 Å². The van der Waals surface area contributed by atoms with Crippen molar-refractivity contribution in [3.8, 4) is 0 Å². The van der Waals surface area contributed by atoms with Gasteiger partial charge in [-0.05, 0) is 28.1 Å². The first-order valence-electron chi connectivity index (χ1n) is 4.57. The predicted octanol–water partition coefficient (Wildman–Crippen LogP) is 3.56. The van der Waals surface area contributed by atoms with Crippen LogP contribution in [0, 0.1) is 0 Å². The zero-order valence-electron chi connectivity index (χ0n) is 8.47. The van der Waals surface area contributed by atoms with E-state index in [9.17, 15) is 9.59 Å². The molecule has 0 bridgehead atoms. The number of rotatable bonds is 4. The van der Waals surface area contributed by atoms with Gasteiger partial charge in [0.2, 0.25) is 5.91 Å². The number of nitrogens with one attached hydrogen (secondary N) is 1. The third-order valence-electron chi connectivity index (χ3n) is 1.88. The molecule has 17 heavy (non-hydrogen) atoms. The number of carbonyl (C=O) groups excluding carboxylic acids is 1. The van der Waals surface area contributed by atoms with Gasteiger partial charge in [0.15, 0.2) is 0 Å². The molecule has 0 spiro atoms. The zero-order chi connectivity index (χ0) is 13.0. The second kappa shape index (κ2) is 6.23. The van der Waals surface area contributed by atoms with Crippen molar-refractivity contribution in [1.82, 2.24) is 0 Å². The van der Waals surface area contributed by atoms with Gasteiger partial charge in [-0.2, -0.15) is 0 Å². The van der Waals surface area contributed by atoms with Gasteiger partial charge in [0, 0.05) is 10.9 Å². The summed E-state index contributed by atoms with van der Waals surface area (Å²) in [6, 6.07) is 3.22. The number of anilines is 1. The Morgan fingerprint density at radius 2 is 1.88 bits per heavy atom. The van der Waals surface area contributed by atoms with Crippen molar-refractivity contribution in [3.63, 3.8) is 0 Å². The lowest BCUT2D eigenvalue weighted by molar-refractivity contribution is -0.138.